The molecule has 0 saturated carbocycles. The van der Waals surface area contributed by atoms with Gasteiger partial charge in [0, 0.05) is 6.54 Å². The molecule has 2 unspecified atom stereocenters. The van der Waals surface area contributed by atoms with Crippen molar-refractivity contribution in [3.05, 3.63) is 23.8 Å². The van der Waals surface area contributed by atoms with Gasteiger partial charge >= 0.3 is 6.09 Å². The lowest BCUT2D eigenvalue weighted by Gasteiger charge is -2.47. The normalized spacial score (nSPS) is 24.2. The third-order valence-corrected chi connectivity index (χ3v) is 7.17. The van der Waals surface area contributed by atoms with Crippen LogP contribution in [0.15, 0.2) is 23.8 Å². The molecule has 0 aromatic heterocycles. The summed E-state index contributed by atoms with van der Waals surface area (Å²) in [6.07, 6.45) is 4.91. The van der Waals surface area contributed by atoms with Crippen molar-refractivity contribution < 1.29 is 14.5 Å². The molecule has 0 aliphatic heterocycles. The number of hydrogen-bond acceptors (Lipinski definition) is 2. The molecule has 2 atom stereocenters. The number of amides is 1. The molecule has 0 saturated heterocycles. The van der Waals surface area contributed by atoms with Crippen molar-refractivity contribution in [3.63, 3.8) is 0 Å². The summed E-state index contributed by atoms with van der Waals surface area (Å²) in [5, 5.41) is 11.2. The van der Waals surface area contributed by atoms with Gasteiger partial charge in [0.2, 0.25) is 0 Å². The van der Waals surface area contributed by atoms with Crippen molar-refractivity contribution in [2.24, 2.45) is 10.8 Å². The third-order valence-electron chi connectivity index (χ3n) is 4.40. The molecule has 0 bridgehead atoms. The van der Waals surface area contributed by atoms with Gasteiger partial charge in [0.15, 0.2) is 0 Å². The number of rotatable bonds is 3. The average Bonchev–Trinajstić information content (AvgIpc) is 2.40. The SMILES string of the molecule is CC(C)(C)C1(C#C[Si](C)(C)C)C=CC(CNC(=O)O)=CC1P(C)(C)=O. The predicted octanol–water partition coefficient (Wildman–Crippen LogP) is 4.65. The Morgan fingerprint density at radius 1 is 1.36 bits per heavy atom. The molecule has 4 nitrogen and oxygen atoms in total. The fourth-order valence-corrected chi connectivity index (χ4v) is 5.63. The highest BCUT2D eigenvalue weighted by Crippen LogP contribution is 2.59. The monoisotopic (exact) mass is 381 g/mol. The Balaban J connectivity index is 3.51. The molecule has 1 aliphatic carbocycles. The summed E-state index contributed by atoms with van der Waals surface area (Å²) in [7, 11) is -4.11. The van der Waals surface area contributed by atoms with Gasteiger partial charge in [-0.15, -0.1) is 5.54 Å². The summed E-state index contributed by atoms with van der Waals surface area (Å²) < 4.78 is 13.2. The van der Waals surface area contributed by atoms with E-state index in [1.165, 1.54) is 0 Å². The van der Waals surface area contributed by atoms with E-state index in [1.807, 2.05) is 12.2 Å². The Morgan fingerprint density at radius 2 is 1.92 bits per heavy atom. The van der Waals surface area contributed by atoms with E-state index < -0.39 is 26.7 Å². The van der Waals surface area contributed by atoms with Crippen molar-refractivity contribution in [2.75, 3.05) is 19.9 Å². The first-order chi connectivity index (χ1) is 11.1. The quantitative estimate of drug-likeness (QED) is 0.425. The van der Waals surface area contributed by atoms with Crippen LogP contribution in [0, 0.1) is 22.3 Å². The van der Waals surface area contributed by atoms with Gasteiger partial charge in [0.05, 0.1) is 18.2 Å². The lowest BCUT2D eigenvalue weighted by Crippen LogP contribution is -2.44. The van der Waals surface area contributed by atoms with Crippen LogP contribution in [0.25, 0.3) is 0 Å². The standard InChI is InChI=1S/C19H32NO3PSi/c1-18(2,3)19(11-12-25(6,7)8)10-9-15(14-20-17(21)22)13-16(19)24(4,5)23/h9-10,13,16,20H,14H2,1-8H3,(H,21,22). The molecule has 0 fully saturated rings. The highest BCUT2D eigenvalue weighted by Gasteiger charge is 2.50. The summed E-state index contributed by atoms with van der Waals surface area (Å²) in [5.41, 5.74) is 3.35. The Kier molecular flexibility index (Phi) is 6.25. The van der Waals surface area contributed by atoms with E-state index in [4.69, 9.17) is 5.11 Å². The summed E-state index contributed by atoms with van der Waals surface area (Å²) >= 11 is 0. The number of carboxylic acid groups (broad SMARTS) is 1. The molecular formula is C19H32NO3PSi. The highest BCUT2D eigenvalue weighted by molar-refractivity contribution is 7.63. The molecule has 0 heterocycles. The number of carbonyl (C=O) groups is 1. The van der Waals surface area contributed by atoms with E-state index in [1.54, 1.807) is 13.3 Å². The Labute approximate surface area is 153 Å². The van der Waals surface area contributed by atoms with Crippen LogP contribution in [0.4, 0.5) is 4.79 Å². The first kappa shape index (κ1) is 21.8. The molecule has 2 N–H and O–H groups in total. The van der Waals surface area contributed by atoms with Crippen LogP contribution in [-0.4, -0.2) is 44.8 Å². The molecule has 25 heavy (non-hydrogen) atoms. The minimum Gasteiger partial charge on any atom is -0.465 e. The molecule has 140 valence electrons. The van der Waals surface area contributed by atoms with E-state index >= 15 is 0 Å². The average molecular weight is 382 g/mol. The van der Waals surface area contributed by atoms with E-state index in [-0.39, 0.29) is 17.6 Å². The van der Waals surface area contributed by atoms with Gasteiger partial charge in [0.1, 0.15) is 8.07 Å². The third kappa shape index (κ3) is 5.62. The second kappa shape index (κ2) is 7.17. The molecule has 6 heteroatoms. The van der Waals surface area contributed by atoms with Crippen LogP contribution in [0.1, 0.15) is 20.8 Å². The van der Waals surface area contributed by atoms with Gasteiger partial charge in [-0.3, -0.25) is 0 Å². The number of allylic oxidation sites excluding steroid dienone is 2. The summed E-state index contributed by atoms with van der Waals surface area (Å²) in [6.45, 7) is 16.8. The van der Waals surface area contributed by atoms with Crippen LogP contribution < -0.4 is 5.32 Å². The maximum absolute atomic E-state index is 13.2. The van der Waals surface area contributed by atoms with E-state index in [0.717, 1.165) is 5.57 Å². The lowest BCUT2D eigenvalue weighted by molar-refractivity contribution is 0.195. The van der Waals surface area contributed by atoms with Gasteiger partial charge in [-0.1, -0.05) is 64.6 Å². The van der Waals surface area contributed by atoms with Gasteiger partial charge in [0.25, 0.3) is 0 Å². The Morgan fingerprint density at radius 3 is 2.32 bits per heavy atom. The minimum absolute atomic E-state index is 0.204. The fourth-order valence-electron chi connectivity index (χ4n) is 2.98. The van der Waals surface area contributed by atoms with Crippen molar-refractivity contribution in [1.82, 2.24) is 5.32 Å². The molecule has 0 aromatic carbocycles. The zero-order valence-electron chi connectivity index (χ0n) is 16.7. The van der Waals surface area contributed by atoms with Gasteiger partial charge in [-0.2, -0.15) is 0 Å². The van der Waals surface area contributed by atoms with Crippen LogP contribution in [0.3, 0.4) is 0 Å². The summed E-state index contributed by atoms with van der Waals surface area (Å²) in [5.74, 6) is 3.53. The minimum atomic E-state index is -2.52. The van der Waals surface area contributed by atoms with Gasteiger partial charge in [-0.05, 0) is 24.3 Å². The molecule has 0 aromatic rings. The number of hydrogen-bond donors (Lipinski definition) is 2. The maximum atomic E-state index is 13.2. The predicted molar refractivity (Wildman–Crippen MR) is 110 cm³/mol. The van der Waals surface area contributed by atoms with Crippen molar-refractivity contribution >= 4 is 21.3 Å². The topological polar surface area (TPSA) is 66.4 Å². The highest BCUT2D eigenvalue weighted by atomic mass is 31.2. The fraction of sp³-hybridized carbons (Fsp3) is 0.632. The smallest absolute Gasteiger partial charge is 0.404 e. The summed E-state index contributed by atoms with van der Waals surface area (Å²) in [4.78, 5) is 10.8. The molecule has 1 aliphatic rings. The van der Waals surface area contributed by atoms with Crippen molar-refractivity contribution in [3.8, 4) is 11.5 Å². The molecule has 0 radical (unpaired) electrons. The van der Waals surface area contributed by atoms with E-state index in [2.05, 4.69) is 63.3 Å². The van der Waals surface area contributed by atoms with Crippen molar-refractivity contribution in [1.29, 1.82) is 0 Å². The van der Waals surface area contributed by atoms with E-state index in [0.29, 0.717) is 0 Å². The first-order valence-electron chi connectivity index (χ1n) is 8.54. The van der Waals surface area contributed by atoms with Crippen LogP contribution in [-0.2, 0) is 4.57 Å². The van der Waals surface area contributed by atoms with Gasteiger partial charge in [-0.25, -0.2) is 4.79 Å². The maximum Gasteiger partial charge on any atom is 0.404 e. The first-order valence-corrected chi connectivity index (χ1v) is 14.7. The zero-order chi connectivity index (χ0) is 19.7. The summed E-state index contributed by atoms with van der Waals surface area (Å²) in [6, 6.07) is 0. The van der Waals surface area contributed by atoms with Crippen LogP contribution in [0.5, 0.6) is 0 Å². The van der Waals surface area contributed by atoms with E-state index in [9.17, 15) is 9.36 Å². The van der Waals surface area contributed by atoms with Crippen molar-refractivity contribution in [2.45, 2.75) is 46.1 Å². The Bertz CT molecular complexity index is 695. The molecular weight excluding hydrogens is 349 g/mol. The Hall–Kier alpha value is -1.24. The molecule has 1 rings (SSSR count). The van der Waals surface area contributed by atoms with Crippen LogP contribution in [0.2, 0.25) is 19.6 Å². The van der Waals surface area contributed by atoms with Crippen LogP contribution >= 0.6 is 7.14 Å². The second-order valence-electron chi connectivity index (χ2n) is 9.23. The van der Waals surface area contributed by atoms with Gasteiger partial charge < -0.3 is 15.0 Å². The lowest BCUT2D eigenvalue weighted by atomic mass is 9.63. The second-order valence-corrected chi connectivity index (χ2v) is 17.4. The number of nitrogens with one attached hydrogen (secondary N) is 1. The molecule has 1 amide bonds. The zero-order valence-corrected chi connectivity index (χ0v) is 18.6. The molecule has 0 spiro atoms. The largest absolute Gasteiger partial charge is 0.465 e.